The molecule has 33 heavy (non-hydrogen) atoms. The predicted octanol–water partition coefficient (Wildman–Crippen LogP) is 3.71. The highest BCUT2D eigenvalue weighted by Gasteiger charge is 2.36. The summed E-state index contributed by atoms with van der Waals surface area (Å²) in [6, 6.07) is 4.12. The predicted molar refractivity (Wildman–Crippen MR) is 118 cm³/mol. The second-order valence-electron chi connectivity index (χ2n) is 9.35. The van der Waals surface area contributed by atoms with Gasteiger partial charge in [-0.2, -0.15) is 23.4 Å². The third-order valence-corrected chi connectivity index (χ3v) is 7.15. The van der Waals surface area contributed by atoms with E-state index in [1.54, 1.807) is 0 Å². The highest BCUT2D eigenvalue weighted by Crippen LogP contribution is 2.33. The van der Waals surface area contributed by atoms with Gasteiger partial charge in [-0.1, -0.05) is 13.0 Å². The zero-order valence-corrected chi connectivity index (χ0v) is 18.8. The van der Waals surface area contributed by atoms with Crippen LogP contribution in [0.15, 0.2) is 24.4 Å². The third kappa shape index (κ3) is 5.63. The number of nitrogens with one attached hydrogen (secondary N) is 1. The number of hydrogen-bond acceptors (Lipinski definition) is 5. The van der Waals surface area contributed by atoms with Crippen molar-refractivity contribution in [2.75, 3.05) is 13.1 Å². The molecule has 1 aliphatic heterocycles. The molecule has 1 aromatic heterocycles. The number of halogens is 3. The normalized spacial score (nSPS) is 23.3. The fourth-order valence-electron chi connectivity index (χ4n) is 5.11. The van der Waals surface area contributed by atoms with Gasteiger partial charge < -0.3 is 10.4 Å². The molecule has 1 amide bonds. The molecule has 1 unspecified atom stereocenters. The van der Waals surface area contributed by atoms with E-state index in [4.69, 9.17) is 0 Å². The summed E-state index contributed by atoms with van der Waals surface area (Å²) < 4.78 is 39.2. The quantitative estimate of drug-likeness (QED) is 0.653. The van der Waals surface area contributed by atoms with E-state index in [1.165, 1.54) is 12.3 Å². The van der Waals surface area contributed by atoms with E-state index in [1.807, 2.05) is 6.92 Å². The lowest BCUT2D eigenvalue weighted by atomic mass is 9.80. The van der Waals surface area contributed by atoms with Crippen molar-refractivity contribution >= 4 is 16.7 Å². The first-order valence-electron chi connectivity index (χ1n) is 11.8. The van der Waals surface area contributed by atoms with Gasteiger partial charge in [0.15, 0.2) is 0 Å². The number of benzene rings is 1. The lowest BCUT2D eigenvalue weighted by Gasteiger charge is -2.47. The van der Waals surface area contributed by atoms with Crippen LogP contribution in [0.5, 0.6) is 0 Å². The summed E-state index contributed by atoms with van der Waals surface area (Å²) in [5.74, 6) is 0.285. The molecular formula is C24H31F3N4O2. The van der Waals surface area contributed by atoms with Gasteiger partial charge in [-0.25, -0.2) is 0 Å². The molecule has 1 aromatic carbocycles. The van der Waals surface area contributed by atoms with Crippen LogP contribution in [0.4, 0.5) is 13.2 Å². The van der Waals surface area contributed by atoms with Crippen LogP contribution in [-0.4, -0.2) is 57.4 Å². The van der Waals surface area contributed by atoms with Gasteiger partial charge in [-0.3, -0.25) is 9.69 Å². The van der Waals surface area contributed by atoms with Gasteiger partial charge in [-0.15, -0.1) is 0 Å². The number of aliphatic hydroxyl groups excluding tert-OH is 1. The van der Waals surface area contributed by atoms with Crippen molar-refractivity contribution < 1.29 is 23.1 Å². The Morgan fingerprint density at radius 1 is 1.24 bits per heavy atom. The number of carbonyl (C=O) groups is 1. The third-order valence-electron chi connectivity index (χ3n) is 7.15. The van der Waals surface area contributed by atoms with Crippen LogP contribution in [0.25, 0.3) is 10.8 Å². The number of nitrogens with zero attached hydrogens (tertiary/aromatic N) is 3. The van der Waals surface area contributed by atoms with E-state index >= 15 is 0 Å². The lowest BCUT2D eigenvalue weighted by molar-refractivity contribution is -0.137. The maximum Gasteiger partial charge on any atom is 0.416 e. The highest BCUT2D eigenvalue weighted by molar-refractivity contribution is 5.85. The summed E-state index contributed by atoms with van der Waals surface area (Å²) in [7, 11) is 0. The van der Waals surface area contributed by atoms with E-state index in [9.17, 15) is 23.1 Å². The smallest absolute Gasteiger partial charge is 0.393 e. The topological polar surface area (TPSA) is 78.4 Å². The maximum atomic E-state index is 13.1. The van der Waals surface area contributed by atoms with Crippen LogP contribution in [0.1, 0.15) is 56.7 Å². The molecule has 0 spiro atoms. The number of hydrogen-bond donors (Lipinski definition) is 2. The number of fused-ring (bicyclic) bond motifs is 1. The van der Waals surface area contributed by atoms with Gasteiger partial charge in [0, 0.05) is 42.7 Å². The van der Waals surface area contributed by atoms with Crippen LogP contribution >= 0.6 is 0 Å². The lowest BCUT2D eigenvalue weighted by Crippen LogP contribution is -2.62. The molecule has 1 saturated carbocycles. The van der Waals surface area contributed by atoms with Gasteiger partial charge in [-0.05, 0) is 50.2 Å². The molecule has 4 rings (SSSR count). The Hall–Kier alpha value is -2.26. The molecule has 1 aliphatic carbocycles. The fraction of sp³-hybridized carbons (Fsp3) is 0.625. The molecule has 1 atom stereocenters. The molecule has 2 aromatic rings. The minimum atomic E-state index is -4.43. The summed E-state index contributed by atoms with van der Waals surface area (Å²) in [4.78, 5) is 14.8. The number of aliphatic hydroxyl groups is 1. The van der Waals surface area contributed by atoms with E-state index in [-0.39, 0.29) is 30.9 Å². The van der Waals surface area contributed by atoms with Crippen molar-refractivity contribution in [2.45, 2.75) is 76.2 Å². The molecule has 6 nitrogen and oxygen atoms in total. The number of carbonyl (C=O) groups excluding carboxylic acids is 1. The van der Waals surface area contributed by atoms with Crippen molar-refractivity contribution in [1.29, 1.82) is 0 Å². The molecule has 9 heteroatoms. The van der Waals surface area contributed by atoms with Crippen LogP contribution in [0, 0.1) is 5.92 Å². The fourth-order valence-corrected chi connectivity index (χ4v) is 5.11. The summed E-state index contributed by atoms with van der Waals surface area (Å²) in [5.41, 5.74) is -0.337. The van der Waals surface area contributed by atoms with Crippen LogP contribution < -0.4 is 5.32 Å². The second kappa shape index (κ2) is 9.93. The number of aromatic nitrogens is 2. The number of amides is 1. The van der Waals surface area contributed by atoms with Gasteiger partial charge in [0.25, 0.3) is 0 Å². The maximum absolute atomic E-state index is 13.1. The Kier molecular flexibility index (Phi) is 7.19. The molecule has 2 N–H and O–H groups in total. The van der Waals surface area contributed by atoms with Gasteiger partial charge in [0.1, 0.15) is 0 Å². The zero-order valence-electron chi connectivity index (χ0n) is 18.8. The molecular weight excluding hydrogens is 433 g/mol. The number of likely N-dealkylation sites (tertiary alicyclic amines) is 1. The molecule has 0 bridgehead atoms. The van der Waals surface area contributed by atoms with E-state index in [0.29, 0.717) is 28.4 Å². The second-order valence-corrected chi connectivity index (χ2v) is 9.35. The monoisotopic (exact) mass is 464 g/mol. The first kappa shape index (κ1) is 23.9. The van der Waals surface area contributed by atoms with E-state index in [2.05, 4.69) is 20.4 Å². The Bertz CT molecular complexity index is 970. The molecule has 180 valence electrons. The molecule has 2 fully saturated rings. The van der Waals surface area contributed by atoms with Crippen molar-refractivity contribution in [1.82, 2.24) is 20.4 Å². The van der Waals surface area contributed by atoms with Crippen molar-refractivity contribution in [3.63, 3.8) is 0 Å². The average molecular weight is 465 g/mol. The van der Waals surface area contributed by atoms with Gasteiger partial charge in [0.05, 0.1) is 29.6 Å². The largest absolute Gasteiger partial charge is 0.416 e. The Labute approximate surface area is 191 Å². The minimum absolute atomic E-state index is 0.104. The Morgan fingerprint density at radius 3 is 2.64 bits per heavy atom. The van der Waals surface area contributed by atoms with E-state index in [0.717, 1.165) is 57.3 Å². The SMILES string of the molecule is CCC(O)C1CCC(N2CC(NC(=O)CCc3nncc4ccc(C(F)(F)F)cc34)C2)CC1. The molecule has 2 aliphatic rings. The number of aryl methyl sites for hydroxylation is 1. The first-order valence-corrected chi connectivity index (χ1v) is 11.8. The summed E-state index contributed by atoms with van der Waals surface area (Å²) >= 11 is 0. The Balaban J connectivity index is 1.24. The summed E-state index contributed by atoms with van der Waals surface area (Å²) in [6.07, 6.45) is 2.27. The van der Waals surface area contributed by atoms with Gasteiger partial charge in [0.2, 0.25) is 5.91 Å². The molecule has 1 saturated heterocycles. The highest BCUT2D eigenvalue weighted by atomic mass is 19.4. The Morgan fingerprint density at radius 2 is 1.97 bits per heavy atom. The first-order chi connectivity index (χ1) is 15.7. The summed E-state index contributed by atoms with van der Waals surface area (Å²) in [5, 5.41) is 21.9. The van der Waals surface area contributed by atoms with Crippen LogP contribution in [0.3, 0.4) is 0 Å². The van der Waals surface area contributed by atoms with E-state index < -0.39 is 11.7 Å². The number of rotatable bonds is 7. The zero-order chi connectivity index (χ0) is 23.6. The van der Waals surface area contributed by atoms with Crippen LogP contribution in [0.2, 0.25) is 0 Å². The average Bonchev–Trinajstić information content (AvgIpc) is 2.78. The summed E-state index contributed by atoms with van der Waals surface area (Å²) in [6.45, 7) is 3.66. The van der Waals surface area contributed by atoms with Crippen LogP contribution in [-0.2, 0) is 17.4 Å². The van der Waals surface area contributed by atoms with Crippen molar-refractivity contribution in [3.8, 4) is 0 Å². The van der Waals surface area contributed by atoms with Crippen molar-refractivity contribution in [3.05, 3.63) is 35.7 Å². The molecule has 0 radical (unpaired) electrons. The molecule has 2 heterocycles. The van der Waals surface area contributed by atoms with Gasteiger partial charge >= 0.3 is 6.18 Å². The number of alkyl halides is 3. The van der Waals surface area contributed by atoms with Crippen molar-refractivity contribution in [2.24, 2.45) is 5.92 Å². The minimum Gasteiger partial charge on any atom is -0.393 e. The standard InChI is InChI=1S/C24H31F3N4O2/c1-2-22(32)15-4-7-19(8-5-15)31-13-18(14-31)29-23(33)10-9-21-20-11-17(24(25,26)27)6-3-16(20)12-28-30-21/h3,6,11-12,15,18-19,22,32H,2,4-5,7-10,13-14H2,1H3,(H,29,33).